The summed E-state index contributed by atoms with van der Waals surface area (Å²) >= 11 is 11.8. The molecule has 0 spiro atoms. The fourth-order valence-corrected chi connectivity index (χ4v) is 1.97. The Hall–Kier alpha value is -0.540. The van der Waals surface area contributed by atoms with E-state index in [4.69, 9.17) is 23.2 Å². The van der Waals surface area contributed by atoms with Crippen LogP contribution in [0, 0.1) is 6.92 Å². The standard InChI is InChI=1S/C10H15Cl2N3/c1-3-10(6-11,7-12)14-9-4-8(2)5-13-15-9/h4-5H,3,6-7H2,1-2H3,(H,14,15). The second kappa shape index (κ2) is 5.52. The van der Waals surface area contributed by atoms with Crippen LogP contribution in [0.4, 0.5) is 5.82 Å². The summed E-state index contributed by atoms with van der Waals surface area (Å²) in [5, 5.41) is 11.1. The Morgan fingerprint density at radius 3 is 2.53 bits per heavy atom. The molecule has 1 aromatic rings. The van der Waals surface area contributed by atoms with E-state index in [2.05, 4.69) is 15.5 Å². The van der Waals surface area contributed by atoms with Crippen LogP contribution >= 0.6 is 23.2 Å². The zero-order valence-corrected chi connectivity index (χ0v) is 10.4. The maximum atomic E-state index is 5.92. The van der Waals surface area contributed by atoms with Crippen molar-refractivity contribution in [3.05, 3.63) is 17.8 Å². The number of hydrogen-bond acceptors (Lipinski definition) is 3. The SMILES string of the molecule is CCC(CCl)(CCl)Nc1cc(C)cnn1. The molecule has 0 fully saturated rings. The number of aryl methyl sites for hydroxylation is 1. The van der Waals surface area contributed by atoms with Crippen LogP contribution in [-0.2, 0) is 0 Å². The van der Waals surface area contributed by atoms with E-state index in [9.17, 15) is 0 Å². The Morgan fingerprint density at radius 2 is 2.07 bits per heavy atom. The molecular weight excluding hydrogens is 233 g/mol. The zero-order valence-electron chi connectivity index (χ0n) is 8.93. The van der Waals surface area contributed by atoms with E-state index in [1.54, 1.807) is 6.20 Å². The number of nitrogens with one attached hydrogen (secondary N) is 1. The van der Waals surface area contributed by atoms with Crippen molar-refractivity contribution < 1.29 is 0 Å². The predicted octanol–water partition coefficient (Wildman–Crippen LogP) is 2.82. The molecule has 0 aliphatic rings. The van der Waals surface area contributed by atoms with Gasteiger partial charge in [0.05, 0.1) is 11.7 Å². The fraction of sp³-hybridized carbons (Fsp3) is 0.600. The first kappa shape index (κ1) is 12.5. The highest BCUT2D eigenvalue weighted by Gasteiger charge is 2.26. The van der Waals surface area contributed by atoms with Gasteiger partial charge in [-0.25, -0.2) is 0 Å². The molecule has 1 aromatic heterocycles. The molecule has 3 nitrogen and oxygen atoms in total. The monoisotopic (exact) mass is 247 g/mol. The Morgan fingerprint density at radius 1 is 1.40 bits per heavy atom. The summed E-state index contributed by atoms with van der Waals surface area (Å²) in [6, 6.07) is 1.93. The summed E-state index contributed by atoms with van der Waals surface area (Å²) in [6.45, 7) is 4.01. The van der Waals surface area contributed by atoms with Crippen molar-refractivity contribution in [1.29, 1.82) is 0 Å². The van der Waals surface area contributed by atoms with Gasteiger partial charge in [0.1, 0.15) is 5.82 Å². The summed E-state index contributed by atoms with van der Waals surface area (Å²) in [4.78, 5) is 0. The first-order valence-electron chi connectivity index (χ1n) is 4.85. The van der Waals surface area contributed by atoms with E-state index in [-0.39, 0.29) is 5.54 Å². The molecule has 0 saturated heterocycles. The molecule has 0 saturated carbocycles. The number of anilines is 1. The maximum absolute atomic E-state index is 5.92. The largest absolute Gasteiger partial charge is 0.361 e. The van der Waals surface area contributed by atoms with Crippen molar-refractivity contribution in [2.24, 2.45) is 0 Å². The third-order valence-electron chi connectivity index (χ3n) is 2.37. The minimum Gasteiger partial charge on any atom is -0.361 e. The number of alkyl halides is 2. The number of aromatic nitrogens is 2. The van der Waals surface area contributed by atoms with Crippen molar-refractivity contribution in [2.75, 3.05) is 17.1 Å². The molecule has 0 aliphatic heterocycles. The van der Waals surface area contributed by atoms with Gasteiger partial charge < -0.3 is 5.32 Å². The Bertz CT molecular complexity index is 305. The van der Waals surface area contributed by atoms with Gasteiger partial charge in [-0.05, 0) is 25.0 Å². The summed E-state index contributed by atoms with van der Waals surface area (Å²) in [6.07, 6.45) is 2.55. The molecule has 0 aromatic carbocycles. The van der Waals surface area contributed by atoms with Crippen LogP contribution in [0.15, 0.2) is 12.3 Å². The van der Waals surface area contributed by atoms with Crippen molar-refractivity contribution >= 4 is 29.0 Å². The van der Waals surface area contributed by atoms with Gasteiger partial charge in [0, 0.05) is 11.8 Å². The van der Waals surface area contributed by atoms with Crippen LogP contribution in [0.3, 0.4) is 0 Å². The van der Waals surface area contributed by atoms with E-state index in [1.807, 2.05) is 19.9 Å². The molecule has 0 radical (unpaired) electrons. The quantitative estimate of drug-likeness (QED) is 0.814. The van der Waals surface area contributed by atoms with Crippen molar-refractivity contribution in [2.45, 2.75) is 25.8 Å². The predicted molar refractivity (Wildman–Crippen MR) is 64.9 cm³/mol. The van der Waals surface area contributed by atoms with Gasteiger partial charge >= 0.3 is 0 Å². The maximum Gasteiger partial charge on any atom is 0.149 e. The fourth-order valence-electron chi connectivity index (χ4n) is 1.18. The van der Waals surface area contributed by atoms with Crippen LogP contribution < -0.4 is 5.32 Å². The summed E-state index contributed by atoms with van der Waals surface area (Å²) in [5.74, 6) is 1.61. The minimum absolute atomic E-state index is 0.300. The smallest absolute Gasteiger partial charge is 0.149 e. The zero-order chi connectivity index (χ0) is 11.3. The van der Waals surface area contributed by atoms with E-state index in [0.29, 0.717) is 11.8 Å². The lowest BCUT2D eigenvalue weighted by molar-refractivity contribution is 0.556. The van der Waals surface area contributed by atoms with Crippen LogP contribution in [0.1, 0.15) is 18.9 Å². The topological polar surface area (TPSA) is 37.8 Å². The molecule has 5 heteroatoms. The molecule has 1 heterocycles. The molecule has 1 rings (SSSR count). The Balaban J connectivity index is 2.82. The third kappa shape index (κ3) is 3.21. The van der Waals surface area contributed by atoms with Crippen molar-refractivity contribution in [1.82, 2.24) is 10.2 Å². The molecule has 0 unspecified atom stereocenters. The molecule has 84 valence electrons. The van der Waals surface area contributed by atoms with Gasteiger partial charge in [-0.3, -0.25) is 0 Å². The summed E-state index contributed by atoms with van der Waals surface area (Å²) in [7, 11) is 0. The van der Waals surface area contributed by atoms with Gasteiger partial charge in [-0.2, -0.15) is 5.10 Å². The minimum atomic E-state index is -0.300. The first-order chi connectivity index (χ1) is 7.15. The molecule has 1 N–H and O–H groups in total. The number of nitrogens with zero attached hydrogens (tertiary/aromatic N) is 2. The normalized spacial score (nSPS) is 11.5. The van der Waals surface area contributed by atoms with Crippen LogP contribution in [0.25, 0.3) is 0 Å². The molecule has 0 amide bonds. The van der Waals surface area contributed by atoms with E-state index in [1.165, 1.54) is 0 Å². The van der Waals surface area contributed by atoms with Gasteiger partial charge in [0.15, 0.2) is 0 Å². The van der Waals surface area contributed by atoms with Gasteiger partial charge in [-0.1, -0.05) is 6.92 Å². The molecular formula is C10H15Cl2N3. The highest BCUT2D eigenvalue weighted by molar-refractivity contribution is 6.22. The van der Waals surface area contributed by atoms with E-state index < -0.39 is 0 Å². The molecule has 0 aliphatic carbocycles. The molecule has 0 bridgehead atoms. The molecule has 15 heavy (non-hydrogen) atoms. The number of rotatable bonds is 5. The second-order valence-corrected chi connectivity index (χ2v) is 4.18. The van der Waals surface area contributed by atoms with Crippen LogP contribution in [-0.4, -0.2) is 27.5 Å². The summed E-state index contributed by atoms with van der Waals surface area (Å²) < 4.78 is 0. The van der Waals surface area contributed by atoms with Gasteiger partial charge in [0.2, 0.25) is 0 Å². The number of hydrogen-bond donors (Lipinski definition) is 1. The lowest BCUT2D eigenvalue weighted by Crippen LogP contribution is -2.42. The van der Waals surface area contributed by atoms with Crippen molar-refractivity contribution in [3.63, 3.8) is 0 Å². The van der Waals surface area contributed by atoms with E-state index in [0.717, 1.165) is 17.8 Å². The summed E-state index contributed by atoms with van der Waals surface area (Å²) in [5.41, 5.74) is 0.757. The highest BCUT2D eigenvalue weighted by Crippen LogP contribution is 2.20. The second-order valence-electron chi connectivity index (χ2n) is 3.64. The highest BCUT2D eigenvalue weighted by atomic mass is 35.5. The Kier molecular flexibility index (Phi) is 4.61. The average molecular weight is 248 g/mol. The third-order valence-corrected chi connectivity index (χ3v) is 3.40. The van der Waals surface area contributed by atoms with Gasteiger partial charge in [0.25, 0.3) is 0 Å². The molecule has 0 atom stereocenters. The van der Waals surface area contributed by atoms with Crippen molar-refractivity contribution in [3.8, 4) is 0 Å². The van der Waals surface area contributed by atoms with Crippen LogP contribution in [0.2, 0.25) is 0 Å². The van der Waals surface area contributed by atoms with Crippen LogP contribution in [0.5, 0.6) is 0 Å². The van der Waals surface area contributed by atoms with Gasteiger partial charge in [-0.15, -0.1) is 28.3 Å². The first-order valence-corrected chi connectivity index (χ1v) is 5.92. The van der Waals surface area contributed by atoms with E-state index >= 15 is 0 Å². The average Bonchev–Trinajstić information content (AvgIpc) is 2.26. The lowest BCUT2D eigenvalue weighted by Gasteiger charge is -2.29. The lowest BCUT2D eigenvalue weighted by atomic mass is 10.0. The number of halogens is 2. The Labute approximate surface area is 100 Å².